The maximum atomic E-state index is 5.75. The summed E-state index contributed by atoms with van der Waals surface area (Å²) in [6.07, 6.45) is 0. The van der Waals surface area contributed by atoms with Gasteiger partial charge in [-0.25, -0.2) is 0 Å². The summed E-state index contributed by atoms with van der Waals surface area (Å²) < 4.78 is 6.81. The first kappa shape index (κ1) is 12.3. The third-order valence-corrected chi connectivity index (χ3v) is 3.43. The Morgan fingerprint density at radius 1 is 1.29 bits per heavy atom. The number of ether oxygens (including phenoxy) is 1. The van der Waals surface area contributed by atoms with Crippen molar-refractivity contribution in [2.45, 2.75) is 20.5 Å². The molecule has 4 nitrogen and oxygen atoms in total. The number of benzene rings is 1. The van der Waals surface area contributed by atoms with Gasteiger partial charge in [0, 0.05) is 4.47 Å². The summed E-state index contributed by atoms with van der Waals surface area (Å²) in [5, 5.41) is 8.91. The van der Waals surface area contributed by atoms with E-state index < -0.39 is 0 Å². The smallest absolute Gasteiger partial charge is 0.203 e. The van der Waals surface area contributed by atoms with Gasteiger partial charge >= 0.3 is 0 Å². The highest BCUT2D eigenvalue weighted by Crippen LogP contribution is 2.28. The molecule has 0 spiro atoms. The first-order chi connectivity index (χ1) is 8.06. The Morgan fingerprint density at radius 3 is 2.47 bits per heavy atom. The first-order valence-electron chi connectivity index (χ1n) is 5.03. The quantitative estimate of drug-likeness (QED) is 0.946. The van der Waals surface area contributed by atoms with Crippen molar-refractivity contribution in [3.8, 4) is 5.75 Å². The maximum absolute atomic E-state index is 5.75. The van der Waals surface area contributed by atoms with Crippen LogP contribution < -0.4 is 10.5 Å². The highest BCUT2D eigenvalue weighted by Gasteiger charge is 2.07. The normalized spacial score (nSPS) is 10.5. The van der Waals surface area contributed by atoms with Crippen molar-refractivity contribution >= 4 is 32.4 Å². The predicted molar refractivity (Wildman–Crippen MR) is 72.3 cm³/mol. The van der Waals surface area contributed by atoms with Crippen LogP contribution in [0.2, 0.25) is 0 Å². The highest BCUT2D eigenvalue weighted by atomic mass is 79.9. The molecular weight excluding hydrogens is 302 g/mol. The van der Waals surface area contributed by atoms with E-state index in [1.54, 1.807) is 0 Å². The van der Waals surface area contributed by atoms with Crippen molar-refractivity contribution in [3.05, 3.63) is 32.7 Å². The van der Waals surface area contributed by atoms with E-state index >= 15 is 0 Å². The van der Waals surface area contributed by atoms with Crippen molar-refractivity contribution in [2.75, 3.05) is 5.73 Å². The number of aryl methyl sites for hydroxylation is 2. The molecule has 0 aliphatic rings. The van der Waals surface area contributed by atoms with Gasteiger partial charge in [0.25, 0.3) is 0 Å². The van der Waals surface area contributed by atoms with Crippen LogP contribution in [0.25, 0.3) is 0 Å². The third-order valence-electron chi connectivity index (χ3n) is 2.25. The molecule has 2 aromatic rings. The third kappa shape index (κ3) is 2.95. The molecule has 2 rings (SSSR count). The van der Waals surface area contributed by atoms with Crippen LogP contribution in [0, 0.1) is 13.8 Å². The van der Waals surface area contributed by atoms with Gasteiger partial charge in [-0.05, 0) is 37.1 Å². The van der Waals surface area contributed by atoms with E-state index in [9.17, 15) is 0 Å². The lowest BCUT2D eigenvalue weighted by atomic mass is 10.1. The lowest BCUT2D eigenvalue weighted by Crippen LogP contribution is -1.98. The minimum atomic E-state index is 0.401. The molecule has 0 atom stereocenters. The van der Waals surface area contributed by atoms with Gasteiger partial charge in [-0.15, -0.1) is 10.2 Å². The van der Waals surface area contributed by atoms with E-state index in [0.717, 1.165) is 26.4 Å². The molecule has 0 fully saturated rings. The fourth-order valence-electron chi connectivity index (χ4n) is 1.58. The fraction of sp³-hybridized carbons (Fsp3) is 0.273. The summed E-state index contributed by atoms with van der Waals surface area (Å²) >= 11 is 4.80. The lowest BCUT2D eigenvalue weighted by molar-refractivity contribution is 0.300. The zero-order chi connectivity index (χ0) is 12.4. The summed E-state index contributed by atoms with van der Waals surface area (Å²) in [7, 11) is 0. The summed E-state index contributed by atoms with van der Waals surface area (Å²) in [5.74, 6) is 0.891. The molecule has 1 aromatic heterocycles. The zero-order valence-electron chi connectivity index (χ0n) is 9.53. The molecule has 0 radical (unpaired) electrons. The molecule has 0 saturated heterocycles. The van der Waals surface area contributed by atoms with E-state index in [2.05, 4.69) is 26.1 Å². The average molecular weight is 314 g/mol. The largest absolute Gasteiger partial charge is 0.486 e. The number of hydrogen-bond acceptors (Lipinski definition) is 5. The van der Waals surface area contributed by atoms with Crippen molar-refractivity contribution in [3.63, 3.8) is 0 Å². The van der Waals surface area contributed by atoms with E-state index in [4.69, 9.17) is 10.5 Å². The number of anilines is 1. The Bertz CT molecular complexity index is 518. The zero-order valence-corrected chi connectivity index (χ0v) is 11.9. The van der Waals surface area contributed by atoms with Crippen molar-refractivity contribution < 1.29 is 4.74 Å². The monoisotopic (exact) mass is 313 g/mol. The second-order valence-electron chi connectivity index (χ2n) is 3.69. The Labute approximate surface area is 112 Å². The van der Waals surface area contributed by atoms with Gasteiger partial charge in [0.15, 0.2) is 5.01 Å². The van der Waals surface area contributed by atoms with E-state index in [1.807, 2.05) is 26.0 Å². The summed E-state index contributed by atoms with van der Waals surface area (Å²) in [4.78, 5) is 0. The number of halogens is 1. The van der Waals surface area contributed by atoms with Crippen LogP contribution in [0.15, 0.2) is 16.6 Å². The van der Waals surface area contributed by atoms with Gasteiger partial charge in [0.05, 0.1) is 0 Å². The van der Waals surface area contributed by atoms with Gasteiger partial charge in [0.1, 0.15) is 12.4 Å². The second kappa shape index (κ2) is 5.01. The van der Waals surface area contributed by atoms with E-state index in [0.29, 0.717) is 11.7 Å². The Morgan fingerprint density at radius 2 is 1.94 bits per heavy atom. The van der Waals surface area contributed by atoms with Crippen LogP contribution in [-0.2, 0) is 6.61 Å². The van der Waals surface area contributed by atoms with Crippen LogP contribution in [0.4, 0.5) is 5.13 Å². The molecule has 0 bridgehead atoms. The number of nitrogen functional groups attached to an aromatic ring is 1. The number of nitrogens with zero attached hydrogens (tertiary/aromatic N) is 2. The van der Waals surface area contributed by atoms with Crippen LogP contribution in [0.3, 0.4) is 0 Å². The van der Waals surface area contributed by atoms with Gasteiger partial charge in [-0.2, -0.15) is 0 Å². The molecule has 1 aromatic carbocycles. The molecule has 17 heavy (non-hydrogen) atoms. The molecule has 90 valence electrons. The molecule has 0 saturated carbocycles. The van der Waals surface area contributed by atoms with Crippen molar-refractivity contribution in [2.24, 2.45) is 0 Å². The fourth-order valence-corrected chi connectivity index (χ4v) is 2.79. The average Bonchev–Trinajstić information content (AvgIpc) is 2.62. The van der Waals surface area contributed by atoms with Gasteiger partial charge in [-0.3, -0.25) is 0 Å². The Hall–Kier alpha value is -1.14. The minimum Gasteiger partial charge on any atom is -0.486 e. The van der Waals surface area contributed by atoms with Crippen LogP contribution in [0.5, 0.6) is 5.75 Å². The second-order valence-corrected chi connectivity index (χ2v) is 5.70. The minimum absolute atomic E-state index is 0.401. The number of aromatic nitrogens is 2. The maximum Gasteiger partial charge on any atom is 0.203 e. The van der Waals surface area contributed by atoms with Gasteiger partial charge in [0.2, 0.25) is 5.13 Å². The van der Waals surface area contributed by atoms with E-state index in [-0.39, 0.29) is 0 Å². The number of hydrogen-bond donors (Lipinski definition) is 1. The topological polar surface area (TPSA) is 61.0 Å². The van der Waals surface area contributed by atoms with Gasteiger partial charge in [-0.1, -0.05) is 27.3 Å². The van der Waals surface area contributed by atoms with Gasteiger partial charge < -0.3 is 10.5 Å². The first-order valence-corrected chi connectivity index (χ1v) is 6.64. The van der Waals surface area contributed by atoms with Crippen LogP contribution in [0.1, 0.15) is 16.1 Å². The molecule has 0 aliphatic heterocycles. The molecule has 0 unspecified atom stereocenters. The molecule has 0 aliphatic carbocycles. The Kier molecular flexibility index (Phi) is 3.63. The predicted octanol–water partition coefficient (Wildman–Crippen LogP) is 3.08. The lowest BCUT2D eigenvalue weighted by Gasteiger charge is -2.11. The van der Waals surface area contributed by atoms with Crippen LogP contribution in [-0.4, -0.2) is 10.2 Å². The van der Waals surface area contributed by atoms with Crippen molar-refractivity contribution in [1.29, 1.82) is 0 Å². The summed E-state index contributed by atoms with van der Waals surface area (Å²) in [6.45, 7) is 4.43. The molecule has 6 heteroatoms. The number of rotatable bonds is 3. The Balaban J connectivity index is 2.14. The van der Waals surface area contributed by atoms with Crippen molar-refractivity contribution in [1.82, 2.24) is 10.2 Å². The summed E-state index contributed by atoms with van der Waals surface area (Å²) in [6, 6.07) is 4.05. The molecule has 1 heterocycles. The van der Waals surface area contributed by atoms with Crippen LogP contribution >= 0.6 is 27.3 Å². The number of nitrogens with two attached hydrogens (primary N) is 1. The SMILES string of the molecule is Cc1cc(Br)cc(C)c1OCc1nnc(N)s1. The molecule has 0 amide bonds. The summed E-state index contributed by atoms with van der Waals surface area (Å²) in [5.41, 5.74) is 7.69. The standard InChI is InChI=1S/C11H12BrN3OS/c1-6-3-8(12)4-7(2)10(6)16-5-9-14-15-11(13)17-9/h3-4H,5H2,1-2H3,(H2,13,15). The van der Waals surface area contributed by atoms with E-state index in [1.165, 1.54) is 11.3 Å². The highest BCUT2D eigenvalue weighted by molar-refractivity contribution is 9.10. The molecular formula is C11H12BrN3OS. The molecule has 2 N–H and O–H groups in total.